The molecular formula is C15H26N2O. The summed E-state index contributed by atoms with van der Waals surface area (Å²) < 4.78 is 0. The van der Waals surface area contributed by atoms with E-state index in [0.717, 1.165) is 25.0 Å². The van der Waals surface area contributed by atoms with Crippen molar-refractivity contribution in [2.75, 3.05) is 13.6 Å². The fraction of sp³-hybridized carbons (Fsp3) is 0.600. The topological polar surface area (TPSA) is 58.3 Å². The Morgan fingerprint density at radius 2 is 1.89 bits per heavy atom. The summed E-state index contributed by atoms with van der Waals surface area (Å²) >= 11 is 0. The number of likely N-dealkylation sites (N-methyl/N-ethyl adjacent to an activating group) is 1. The van der Waals surface area contributed by atoms with Crippen LogP contribution in [0.4, 0.5) is 0 Å². The Labute approximate surface area is 110 Å². The predicted molar refractivity (Wildman–Crippen MR) is 77.1 cm³/mol. The monoisotopic (exact) mass is 250 g/mol. The van der Waals surface area contributed by atoms with Crippen molar-refractivity contribution in [1.82, 2.24) is 5.32 Å². The van der Waals surface area contributed by atoms with Crippen LogP contribution in [0.15, 0.2) is 35.1 Å². The number of allylic oxidation sites excluding steroid dienone is 4. The highest BCUT2D eigenvalue weighted by Gasteiger charge is 2.44. The molecular weight excluding hydrogens is 224 g/mol. The van der Waals surface area contributed by atoms with Crippen LogP contribution in [0.25, 0.3) is 0 Å². The van der Waals surface area contributed by atoms with Crippen molar-refractivity contribution in [2.45, 2.75) is 39.7 Å². The zero-order valence-electron chi connectivity index (χ0n) is 12.0. The van der Waals surface area contributed by atoms with Gasteiger partial charge < -0.3 is 16.2 Å². The average molecular weight is 250 g/mol. The van der Waals surface area contributed by atoms with Gasteiger partial charge in [-0.1, -0.05) is 12.2 Å². The van der Waals surface area contributed by atoms with Crippen molar-refractivity contribution in [3.63, 3.8) is 0 Å². The van der Waals surface area contributed by atoms with Crippen LogP contribution in [-0.4, -0.2) is 24.8 Å². The molecule has 3 heteroatoms. The summed E-state index contributed by atoms with van der Waals surface area (Å²) in [7, 11) is 1.90. The molecule has 1 rings (SSSR count). The molecule has 0 aliphatic heterocycles. The van der Waals surface area contributed by atoms with E-state index in [1.165, 1.54) is 11.1 Å². The molecule has 0 aromatic carbocycles. The second-order valence-electron chi connectivity index (χ2n) is 5.04. The molecule has 1 unspecified atom stereocenters. The zero-order chi connectivity index (χ0) is 13.8. The van der Waals surface area contributed by atoms with E-state index >= 15 is 0 Å². The molecule has 0 spiro atoms. The van der Waals surface area contributed by atoms with E-state index in [1.807, 2.05) is 14.0 Å². The zero-order valence-corrected chi connectivity index (χ0v) is 12.0. The fourth-order valence-corrected chi connectivity index (χ4v) is 2.93. The molecule has 0 aromatic heterocycles. The Balaban J connectivity index is 3.20. The molecule has 0 saturated heterocycles. The van der Waals surface area contributed by atoms with Gasteiger partial charge in [-0.05, 0) is 63.6 Å². The molecule has 1 aliphatic rings. The second-order valence-corrected chi connectivity index (χ2v) is 5.04. The van der Waals surface area contributed by atoms with Crippen molar-refractivity contribution in [1.29, 1.82) is 0 Å². The van der Waals surface area contributed by atoms with Crippen molar-refractivity contribution in [2.24, 2.45) is 11.1 Å². The number of rotatable bonds is 4. The Morgan fingerprint density at radius 3 is 2.17 bits per heavy atom. The van der Waals surface area contributed by atoms with Gasteiger partial charge in [-0.3, -0.25) is 0 Å². The van der Waals surface area contributed by atoms with Gasteiger partial charge in [-0.25, -0.2) is 0 Å². The normalized spacial score (nSPS) is 25.9. The third kappa shape index (κ3) is 2.52. The van der Waals surface area contributed by atoms with E-state index in [4.69, 9.17) is 5.73 Å². The van der Waals surface area contributed by atoms with E-state index in [1.54, 1.807) is 6.20 Å². The van der Waals surface area contributed by atoms with Gasteiger partial charge in [0.1, 0.15) is 0 Å². The van der Waals surface area contributed by atoms with Crippen molar-refractivity contribution in [3.05, 3.63) is 35.1 Å². The van der Waals surface area contributed by atoms with E-state index in [2.05, 4.69) is 31.3 Å². The van der Waals surface area contributed by atoms with Gasteiger partial charge in [0.2, 0.25) is 0 Å². The Bertz CT molecular complexity index is 358. The summed E-state index contributed by atoms with van der Waals surface area (Å²) in [6.07, 6.45) is 7.28. The number of hydrogen-bond donors (Lipinski definition) is 3. The molecule has 1 fully saturated rings. The fourth-order valence-electron chi connectivity index (χ4n) is 2.93. The lowest BCUT2D eigenvalue weighted by molar-refractivity contribution is 0.0736. The first-order valence-corrected chi connectivity index (χ1v) is 6.60. The minimum absolute atomic E-state index is 0.249. The van der Waals surface area contributed by atoms with Gasteiger partial charge >= 0.3 is 0 Å². The van der Waals surface area contributed by atoms with Gasteiger partial charge in [0.25, 0.3) is 0 Å². The quantitative estimate of drug-likeness (QED) is 0.716. The van der Waals surface area contributed by atoms with Crippen LogP contribution >= 0.6 is 0 Å². The van der Waals surface area contributed by atoms with Crippen molar-refractivity contribution >= 4 is 0 Å². The van der Waals surface area contributed by atoms with Crippen LogP contribution in [0.5, 0.6) is 0 Å². The Morgan fingerprint density at radius 1 is 1.39 bits per heavy atom. The van der Waals surface area contributed by atoms with Crippen molar-refractivity contribution < 1.29 is 5.11 Å². The molecule has 0 bridgehead atoms. The molecule has 18 heavy (non-hydrogen) atoms. The van der Waals surface area contributed by atoms with Crippen LogP contribution in [0.1, 0.15) is 33.6 Å². The maximum absolute atomic E-state index is 10.3. The smallest absolute Gasteiger partial charge is 0.0613 e. The molecule has 4 N–H and O–H groups in total. The lowest BCUT2D eigenvalue weighted by Gasteiger charge is -2.34. The maximum atomic E-state index is 10.3. The largest absolute Gasteiger partial charge is 0.405 e. The standard InChI is InChI=1S/C15H26N2O/c1-5-12-7-15(11(3)18,8-13(12)6-2)14(9-16)10-17-4/h5-6,9,11,17-18H,7-8,10,16H2,1-4H3/b12-5-,13-6-,14-9+. The highest BCUT2D eigenvalue weighted by atomic mass is 16.3. The summed E-state index contributed by atoms with van der Waals surface area (Å²) in [5.41, 5.74) is 9.28. The summed E-state index contributed by atoms with van der Waals surface area (Å²) in [4.78, 5) is 0. The maximum Gasteiger partial charge on any atom is 0.0613 e. The summed E-state index contributed by atoms with van der Waals surface area (Å²) in [6, 6.07) is 0. The number of hydrogen-bond acceptors (Lipinski definition) is 3. The van der Waals surface area contributed by atoms with Gasteiger partial charge in [-0.2, -0.15) is 0 Å². The molecule has 1 aliphatic carbocycles. The average Bonchev–Trinajstić information content (AvgIpc) is 2.75. The second kappa shape index (κ2) is 6.21. The van der Waals surface area contributed by atoms with E-state index in [-0.39, 0.29) is 5.41 Å². The third-order valence-electron chi connectivity index (χ3n) is 4.13. The first kappa shape index (κ1) is 15.0. The molecule has 3 nitrogen and oxygen atoms in total. The highest BCUT2D eigenvalue weighted by molar-refractivity contribution is 5.43. The number of nitrogens with two attached hydrogens (primary N) is 1. The predicted octanol–water partition coefficient (Wildman–Crippen LogP) is 2.10. The summed E-state index contributed by atoms with van der Waals surface area (Å²) in [6.45, 7) is 6.70. The van der Waals surface area contributed by atoms with Gasteiger partial charge in [0.05, 0.1) is 6.10 Å². The van der Waals surface area contributed by atoms with Crippen LogP contribution in [0, 0.1) is 5.41 Å². The molecule has 1 atom stereocenters. The van der Waals surface area contributed by atoms with E-state index in [9.17, 15) is 5.11 Å². The molecule has 102 valence electrons. The van der Waals surface area contributed by atoms with Crippen molar-refractivity contribution in [3.8, 4) is 0 Å². The molecule has 0 amide bonds. The molecule has 0 radical (unpaired) electrons. The molecule has 0 aromatic rings. The SMILES string of the molecule is C/C=C1/CC(/C(=C/N)CNC)(C(C)O)C/C1=C/C. The van der Waals surface area contributed by atoms with Gasteiger partial charge in [0, 0.05) is 12.0 Å². The molecule has 0 heterocycles. The van der Waals surface area contributed by atoms with Gasteiger partial charge in [-0.15, -0.1) is 0 Å². The van der Waals surface area contributed by atoms with Crippen LogP contribution in [0.2, 0.25) is 0 Å². The third-order valence-corrected chi connectivity index (χ3v) is 4.13. The lowest BCUT2D eigenvalue weighted by Crippen LogP contribution is -2.36. The molecule has 1 saturated carbocycles. The number of aliphatic hydroxyl groups is 1. The summed E-state index contributed by atoms with van der Waals surface area (Å²) in [5.74, 6) is 0. The Hall–Kier alpha value is -1.06. The first-order chi connectivity index (χ1) is 8.55. The first-order valence-electron chi connectivity index (χ1n) is 6.60. The van der Waals surface area contributed by atoms with Crippen LogP contribution in [0.3, 0.4) is 0 Å². The lowest BCUT2D eigenvalue weighted by atomic mass is 9.74. The number of nitrogens with one attached hydrogen (secondary N) is 1. The highest BCUT2D eigenvalue weighted by Crippen LogP contribution is 2.51. The van der Waals surface area contributed by atoms with Crippen LogP contribution < -0.4 is 11.1 Å². The minimum Gasteiger partial charge on any atom is -0.405 e. The van der Waals surface area contributed by atoms with E-state index < -0.39 is 6.10 Å². The van der Waals surface area contributed by atoms with E-state index in [0.29, 0.717) is 0 Å². The summed E-state index contributed by atoms with van der Waals surface area (Å²) in [5, 5.41) is 13.4. The van der Waals surface area contributed by atoms with Gasteiger partial charge in [0.15, 0.2) is 0 Å². The number of aliphatic hydroxyl groups excluding tert-OH is 1. The van der Waals surface area contributed by atoms with Crippen LogP contribution in [-0.2, 0) is 0 Å². The Kier molecular flexibility index (Phi) is 5.17. The minimum atomic E-state index is -0.409.